The fraction of sp³-hybridized carbons (Fsp3) is 0.538. The van der Waals surface area contributed by atoms with Crippen LogP contribution in [0.15, 0.2) is 29.2 Å². The highest BCUT2D eigenvalue weighted by Gasteiger charge is 2.11. The summed E-state index contributed by atoms with van der Waals surface area (Å²) < 4.78 is 17.6. The molecule has 2 unspecified atom stereocenters. The van der Waals surface area contributed by atoms with Crippen LogP contribution < -0.4 is 5.73 Å². The van der Waals surface area contributed by atoms with Gasteiger partial charge in [0.15, 0.2) is 0 Å². The van der Waals surface area contributed by atoms with Gasteiger partial charge in [-0.2, -0.15) is 0 Å². The predicted octanol–water partition coefficient (Wildman–Crippen LogP) is 1.86. The van der Waals surface area contributed by atoms with Crippen molar-refractivity contribution in [2.24, 2.45) is 5.73 Å². The van der Waals surface area contributed by atoms with Crippen LogP contribution in [0.5, 0.6) is 0 Å². The molecule has 0 fully saturated rings. The van der Waals surface area contributed by atoms with E-state index in [2.05, 4.69) is 0 Å². The highest BCUT2D eigenvalue weighted by Crippen LogP contribution is 2.13. The highest BCUT2D eigenvalue weighted by atomic mass is 32.2. The van der Waals surface area contributed by atoms with Crippen molar-refractivity contribution in [3.05, 3.63) is 29.8 Å². The third-order valence-corrected chi connectivity index (χ3v) is 4.18. The van der Waals surface area contributed by atoms with E-state index in [-0.39, 0.29) is 6.10 Å². The van der Waals surface area contributed by atoms with Gasteiger partial charge in [0, 0.05) is 23.8 Å². The first-order valence-electron chi connectivity index (χ1n) is 5.94. The van der Waals surface area contributed by atoms with Crippen LogP contribution in [-0.2, 0) is 15.5 Å². The Morgan fingerprint density at radius 2 is 2.12 bits per heavy atom. The smallest absolute Gasteiger partial charge is 0.0706 e. The largest absolute Gasteiger partial charge is 0.377 e. The molecule has 0 aliphatic carbocycles. The molecule has 0 heterocycles. The van der Waals surface area contributed by atoms with E-state index in [4.69, 9.17) is 10.5 Å². The number of nitrogens with two attached hydrogens (primary N) is 1. The molecule has 4 heteroatoms. The lowest BCUT2D eigenvalue weighted by Crippen LogP contribution is -2.25. The number of benzene rings is 1. The predicted molar refractivity (Wildman–Crippen MR) is 71.5 cm³/mol. The Balaban J connectivity index is 2.52. The van der Waals surface area contributed by atoms with Crippen LogP contribution in [0.2, 0.25) is 0 Å². The van der Waals surface area contributed by atoms with E-state index >= 15 is 0 Å². The van der Waals surface area contributed by atoms with Gasteiger partial charge in [-0.15, -0.1) is 0 Å². The Morgan fingerprint density at radius 1 is 1.41 bits per heavy atom. The minimum absolute atomic E-state index is 0.0213. The van der Waals surface area contributed by atoms with Crippen molar-refractivity contribution in [3.63, 3.8) is 0 Å². The van der Waals surface area contributed by atoms with E-state index in [1.54, 1.807) is 0 Å². The standard InChI is InChI=1S/C13H21NO2S/c1-3-16-12(10-14)8-9-17(15)13-7-5-4-6-11(13)2/h4-7,12H,3,8-10,14H2,1-2H3. The van der Waals surface area contributed by atoms with Crippen LogP contribution in [0, 0.1) is 6.92 Å². The molecule has 1 rings (SSSR count). The zero-order valence-corrected chi connectivity index (χ0v) is 11.3. The second kappa shape index (κ2) is 7.58. The summed E-state index contributed by atoms with van der Waals surface area (Å²) in [6, 6.07) is 7.78. The molecule has 17 heavy (non-hydrogen) atoms. The minimum Gasteiger partial charge on any atom is -0.377 e. The monoisotopic (exact) mass is 255 g/mol. The lowest BCUT2D eigenvalue weighted by Gasteiger charge is -2.14. The summed E-state index contributed by atoms with van der Waals surface area (Å²) in [7, 11) is -0.956. The number of aryl methyl sites for hydroxylation is 1. The van der Waals surface area contributed by atoms with Crippen molar-refractivity contribution < 1.29 is 8.95 Å². The summed E-state index contributed by atoms with van der Waals surface area (Å²) in [4.78, 5) is 0.916. The number of hydrogen-bond acceptors (Lipinski definition) is 3. The summed E-state index contributed by atoms with van der Waals surface area (Å²) in [5.74, 6) is 0.604. The van der Waals surface area contributed by atoms with E-state index in [1.807, 2.05) is 38.1 Å². The lowest BCUT2D eigenvalue weighted by atomic mass is 10.2. The first-order valence-corrected chi connectivity index (χ1v) is 7.26. The van der Waals surface area contributed by atoms with Gasteiger partial charge in [0.05, 0.1) is 16.9 Å². The van der Waals surface area contributed by atoms with E-state index in [0.717, 1.165) is 16.9 Å². The van der Waals surface area contributed by atoms with Gasteiger partial charge in [-0.25, -0.2) is 0 Å². The van der Waals surface area contributed by atoms with Crippen molar-refractivity contribution in [1.29, 1.82) is 0 Å². The van der Waals surface area contributed by atoms with Crippen molar-refractivity contribution in [2.45, 2.75) is 31.3 Å². The highest BCUT2D eigenvalue weighted by molar-refractivity contribution is 7.85. The van der Waals surface area contributed by atoms with Gasteiger partial charge in [-0.3, -0.25) is 4.21 Å². The van der Waals surface area contributed by atoms with Gasteiger partial charge in [-0.05, 0) is 31.9 Å². The first-order chi connectivity index (χ1) is 8.19. The van der Waals surface area contributed by atoms with Gasteiger partial charge >= 0.3 is 0 Å². The second-order valence-electron chi connectivity index (χ2n) is 3.92. The van der Waals surface area contributed by atoms with Crippen molar-refractivity contribution >= 4 is 10.8 Å². The summed E-state index contributed by atoms with van der Waals surface area (Å²) in [5, 5.41) is 0. The van der Waals surface area contributed by atoms with Gasteiger partial charge < -0.3 is 10.5 Å². The molecular weight excluding hydrogens is 234 g/mol. The SMILES string of the molecule is CCOC(CN)CCS(=O)c1ccccc1C. The zero-order chi connectivity index (χ0) is 12.7. The summed E-state index contributed by atoms with van der Waals surface area (Å²) >= 11 is 0. The molecule has 3 nitrogen and oxygen atoms in total. The molecule has 0 radical (unpaired) electrons. The van der Waals surface area contributed by atoms with E-state index < -0.39 is 10.8 Å². The average molecular weight is 255 g/mol. The molecule has 0 aliphatic heterocycles. The fourth-order valence-electron chi connectivity index (χ4n) is 1.67. The molecule has 1 aromatic rings. The minimum atomic E-state index is -0.956. The third-order valence-electron chi connectivity index (χ3n) is 2.63. The molecule has 0 aliphatic rings. The van der Waals surface area contributed by atoms with Crippen LogP contribution in [0.1, 0.15) is 18.9 Å². The van der Waals surface area contributed by atoms with Gasteiger partial charge in [0.2, 0.25) is 0 Å². The maximum absolute atomic E-state index is 12.1. The molecule has 96 valence electrons. The molecular formula is C13H21NO2S. The van der Waals surface area contributed by atoms with Gasteiger partial charge in [-0.1, -0.05) is 18.2 Å². The van der Waals surface area contributed by atoms with Crippen molar-refractivity contribution in [1.82, 2.24) is 0 Å². The molecule has 2 N–H and O–H groups in total. The molecule has 0 aromatic heterocycles. The molecule has 1 aromatic carbocycles. The fourth-order valence-corrected chi connectivity index (χ4v) is 3.02. The summed E-state index contributed by atoms with van der Waals surface area (Å²) in [5.41, 5.74) is 6.67. The van der Waals surface area contributed by atoms with Gasteiger partial charge in [0.1, 0.15) is 0 Å². The van der Waals surface area contributed by atoms with E-state index in [9.17, 15) is 4.21 Å². The maximum atomic E-state index is 12.1. The summed E-state index contributed by atoms with van der Waals surface area (Å²) in [6.07, 6.45) is 0.763. The Hall–Kier alpha value is -0.710. The quantitative estimate of drug-likeness (QED) is 0.809. The molecule has 0 bridgehead atoms. The van der Waals surface area contributed by atoms with Crippen LogP contribution in [0.4, 0.5) is 0 Å². The normalized spacial score (nSPS) is 14.5. The topological polar surface area (TPSA) is 52.3 Å². The van der Waals surface area contributed by atoms with Crippen LogP contribution in [0.3, 0.4) is 0 Å². The molecule has 0 spiro atoms. The van der Waals surface area contributed by atoms with Crippen LogP contribution in [-0.4, -0.2) is 29.2 Å². The van der Waals surface area contributed by atoms with Crippen molar-refractivity contribution in [3.8, 4) is 0 Å². The zero-order valence-electron chi connectivity index (χ0n) is 10.5. The maximum Gasteiger partial charge on any atom is 0.0706 e. The van der Waals surface area contributed by atoms with Crippen LogP contribution >= 0.6 is 0 Å². The van der Waals surface area contributed by atoms with E-state index in [0.29, 0.717) is 18.9 Å². The van der Waals surface area contributed by atoms with Crippen molar-refractivity contribution in [2.75, 3.05) is 18.9 Å². The second-order valence-corrected chi connectivity index (χ2v) is 5.46. The molecule has 0 saturated heterocycles. The van der Waals surface area contributed by atoms with E-state index in [1.165, 1.54) is 0 Å². The third kappa shape index (κ3) is 4.58. The number of ether oxygens (including phenoxy) is 1. The molecule has 2 atom stereocenters. The number of rotatable bonds is 7. The Labute approximate surface area is 106 Å². The Morgan fingerprint density at radius 3 is 2.71 bits per heavy atom. The summed E-state index contributed by atoms with van der Waals surface area (Å²) in [6.45, 7) is 5.06. The lowest BCUT2D eigenvalue weighted by molar-refractivity contribution is 0.0672. The van der Waals surface area contributed by atoms with Gasteiger partial charge in [0.25, 0.3) is 0 Å². The first kappa shape index (κ1) is 14.4. The Bertz CT molecular complexity index is 368. The van der Waals surface area contributed by atoms with Crippen LogP contribution in [0.25, 0.3) is 0 Å². The molecule has 0 saturated carbocycles. The Kier molecular flexibility index (Phi) is 6.40. The number of hydrogen-bond donors (Lipinski definition) is 1. The molecule has 0 amide bonds. The average Bonchev–Trinajstić information content (AvgIpc) is 2.34.